The zero-order valence-corrected chi connectivity index (χ0v) is 9.73. The summed E-state index contributed by atoms with van der Waals surface area (Å²) < 4.78 is 0. The van der Waals surface area contributed by atoms with Gasteiger partial charge in [0.25, 0.3) is 0 Å². The highest BCUT2D eigenvalue weighted by atomic mass is 16.2. The summed E-state index contributed by atoms with van der Waals surface area (Å²) in [5, 5.41) is 0. The van der Waals surface area contributed by atoms with Gasteiger partial charge in [-0.3, -0.25) is 10.2 Å². The van der Waals surface area contributed by atoms with Crippen molar-refractivity contribution in [2.75, 3.05) is 0 Å². The predicted octanol–water partition coefficient (Wildman–Crippen LogP) is 2.36. The molecular weight excluding hydrogens is 176 g/mol. The van der Waals surface area contributed by atoms with E-state index in [1.54, 1.807) is 0 Å². The Morgan fingerprint density at radius 3 is 2.14 bits per heavy atom. The van der Waals surface area contributed by atoms with Gasteiger partial charge in [-0.05, 0) is 19.3 Å². The molecule has 0 bridgehead atoms. The van der Waals surface area contributed by atoms with Crippen molar-refractivity contribution in [2.45, 2.75) is 59.3 Å². The maximum absolute atomic E-state index is 11.7. The average molecular weight is 200 g/mol. The summed E-state index contributed by atoms with van der Waals surface area (Å²) in [6.45, 7) is 6.29. The largest absolute Gasteiger partial charge is 0.294 e. The van der Waals surface area contributed by atoms with Gasteiger partial charge in [-0.25, -0.2) is 5.84 Å². The maximum atomic E-state index is 11.7. The van der Waals surface area contributed by atoms with Crippen LogP contribution in [0.4, 0.5) is 0 Å². The third-order valence-corrected chi connectivity index (χ3v) is 3.23. The number of unbranched alkanes of at least 4 members (excludes halogenated alkanes) is 2. The lowest BCUT2D eigenvalue weighted by atomic mass is 9.77. The Morgan fingerprint density at radius 2 is 1.79 bits per heavy atom. The topological polar surface area (TPSA) is 55.1 Å². The highest BCUT2D eigenvalue weighted by Gasteiger charge is 2.33. The van der Waals surface area contributed by atoms with Crippen molar-refractivity contribution >= 4 is 5.91 Å². The molecule has 14 heavy (non-hydrogen) atoms. The number of nitrogens with one attached hydrogen (secondary N) is 1. The molecule has 3 N–H and O–H groups in total. The first-order chi connectivity index (χ1) is 6.66. The monoisotopic (exact) mass is 200 g/mol. The molecule has 0 spiro atoms. The number of hydrogen-bond acceptors (Lipinski definition) is 2. The third kappa shape index (κ3) is 3.29. The van der Waals surface area contributed by atoms with Crippen molar-refractivity contribution in [1.82, 2.24) is 5.43 Å². The first-order valence-electron chi connectivity index (χ1n) is 5.67. The van der Waals surface area contributed by atoms with Crippen molar-refractivity contribution < 1.29 is 4.79 Å². The van der Waals surface area contributed by atoms with E-state index in [1.165, 1.54) is 12.8 Å². The number of rotatable bonds is 7. The molecule has 0 unspecified atom stereocenters. The van der Waals surface area contributed by atoms with Gasteiger partial charge in [0, 0.05) is 5.41 Å². The minimum absolute atomic E-state index is 0.00129. The fraction of sp³-hybridized carbons (Fsp3) is 0.909. The summed E-state index contributed by atoms with van der Waals surface area (Å²) in [5.41, 5.74) is 2.06. The van der Waals surface area contributed by atoms with E-state index in [0.29, 0.717) is 0 Å². The van der Waals surface area contributed by atoms with Crippen LogP contribution in [0.3, 0.4) is 0 Å². The lowest BCUT2D eigenvalue weighted by Gasteiger charge is -2.29. The van der Waals surface area contributed by atoms with Crippen LogP contribution in [0.5, 0.6) is 0 Å². The lowest BCUT2D eigenvalue weighted by Crippen LogP contribution is -2.43. The van der Waals surface area contributed by atoms with Gasteiger partial charge in [0.05, 0.1) is 0 Å². The summed E-state index contributed by atoms with van der Waals surface area (Å²) in [5.74, 6) is 5.21. The minimum Gasteiger partial charge on any atom is -0.294 e. The number of carbonyl (C=O) groups is 1. The molecular formula is C11H24N2O. The summed E-state index contributed by atoms with van der Waals surface area (Å²) in [7, 11) is 0. The second kappa shape index (κ2) is 6.82. The number of amides is 1. The van der Waals surface area contributed by atoms with E-state index in [1.807, 2.05) is 0 Å². The average Bonchev–Trinajstić information content (AvgIpc) is 2.24. The van der Waals surface area contributed by atoms with E-state index in [4.69, 9.17) is 5.84 Å². The molecule has 0 fully saturated rings. The molecule has 0 aromatic rings. The van der Waals surface area contributed by atoms with Gasteiger partial charge in [0.1, 0.15) is 0 Å². The summed E-state index contributed by atoms with van der Waals surface area (Å²) in [6.07, 6.45) is 6.20. The van der Waals surface area contributed by atoms with E-state index in [-0.39, 0.29) is 11.3 Å². The molecule has 84 valence electrons. The zero-order chi connectivity index (χ0) is 11.0. The molecule has 0 rings (SSSR count). The third-order valence-electron chi connectivity index (χ3n) is 3.23. The van der Waals surface area contributed by atoms with Crippen LogP contribution in [0, 0.1) is 5.41 Å². The normalized spacial score (nSPS) is 11.4. The second-order valence-electron chi connectivity index (χ2n) is 3.92. The maximum Gasteiger partial charge on any atom is 0.240 e. The Bertz CT molecular complexity index is 165. The first kappa shape index (κ1) is 13.4. The van der Waals surface area contributed by atoms with Gasteiger partial charge in [-0.15, -0.1) is 0 Å². The van der Waals surface area contributed by atoms with E-state index >= 15 is 0 Å². The van der Waals surface area contributed by atoms with Gasteiger partial charge in [-0.2, -0.15) is 0 Å². The molecule has 0 aliphatic carbocycles. The van der Waals surface area contributed by atoms with E-state index in [2.05, 4.69) is 26.2 Å². The van der Waals surface area contributed by atoms with Crippen LogP contribution < -0.4 is 11.3 Å². The number of hydrazine groups is 1. The number of hydrogen-bond donors (Lipinski definition) is 2. The fourth-order valence-corrected chi connectivity index (χ4v) is 1.90. The van der Waals surface area contributed by atoms with Crippen molar-refractivity contribution in [2.24, 2.45) is 11.3 Å². The number of nitrogens with two attached hydrogens (primary N) is 1. The van der Waals surface area contributed by atoms with E-state index < -0.39 is 0 Å². The van der Waals surface area contributed by atoms with Crippen molar-refractivity contribution in [3.8, 4) is 0 Å². The van der Waals surface area contributed by atoms with Crippen molar-refractivity contribution in [3.63, 3.8) is 0 Å². The van der Waals surface area contributed by atoms with Gasteiger partial charge in [0.15, 0.2) is 0 Å². The standard InChI is InChI=1S/C11H24N2O/c1-4-7-8-9-11(5-2,6-3)10(14)13-12/h4-9,12H2,1-3H3,(H,13,14). The molecule has 0 saturated heterocycles. The number of carbonyl (C=O) groups excluding carboxylic acids is 1. The van der Waals surface area contributed by atoms with Gasteiger partial charge in [-0.1, -0.05) is 40.0 Å². The molecule has 0 radical (unpaired) electrons. The zero-order valence-electron chi connectivity index (χ0n) is 9.73. The Kier molecular flexibility index (Phi) is 6.54. The second-order valence-corrected chi connectivity index (χ2v) is 3.92. The van der Waals surface area contributed by atoms with Crippen LogP contribution in [0.1, 0.15) is 59.3 Å². The fourth-order valence-electron chi connectivity index (χ4n) is 1.90. The van der Waals surface area contributed by atoms with Gasteiger partial charge in [0.2, 0.25) is 5.91 Å². The van der Waals surface area contributed by atoms with Gasteiger partial charge < -0.3 is 0 Å². The Hall–Kier alpha value is -0.570. The van der Waals surface area contributed by atoms with Crippen LogP contribution in [-0.4, -0.2) is 5.91 Å². The quantitative estimate of drug-likeness (QED) is 0.287. The molecule has 0 aliphatic heterocycles. The van der Waals surface area contributed by atoms with E-state index in [9.17, 15) is 4.79 Å². The van der Waals surface area contributed by atoms with Gasteiger partial charge >= 0.3 is 0 Å². The molecule has 0 saturated carbocycles. The van der Waals surface area contributed by atoms with Crippen molar-refractivity contribution in [3.05, 3.63) is 0 Å². The molecule has 3 heteroatoms. The Balaban J connectivity index is 4.29. The molecule has 0 aromatic carbocycles. The summed E-state index contributed by atoms with van der Waals surface area (Å²) in [6, 6.07) is 0. The van der Waals surface area contributed by atoms with Crippen LogP contribution in [0.25, 0.3) is 0 Å². The van der Waals surface area contributed by atoms with E-state index in [0.717, 1.165) is 25.7 Å². The minimum atomic E-state index is -0.232. The highest BCUT2D eigenvalue weighted by Crippen LogP contribution is 2.32. The smallest absolute Gasteiger partial charge is 0.240 e. The SMILES string of the molecule is CCCCCC(CC)(CC)C(=O)NN. The van der Waals surface area contributed by atoms with Crippen molar-refractivity contribution in [1.29, 1.82) is 0 Å². The summed E-state index contributed by atoms with van der Waals surface area (Å²) >= 11 is 0. The Morgan fingerprint density at radius 1 is 1.21 bits per heavy atom. The predicted molar refractivity (Wildman–Crippen MR) is 59.5 cm³/mol. The molecule has 0 aromatic heterocycles. The Labute approximate surface area is 87.4 Å². The van der Waals surface area contributed by atoms with Crippen LogP contribution in [0.2, 0.25) is 0 Å². The highest BCUT2D eigenvalue weighted by molar-refractivity contribution is 5.81. The summed E-state index contributed by atoms with van der Waals surface area (Å²) in [4.78, 5) is 11.7. The van der Waals surface area contributed by atoms with Crippen LogP contribution in [-0.2, 0) is 4.79 Å². The molecule has 0 atom stereocenters. The van der Waals surface area contributed by atoms with Crippen LogP contribution >= 0.6 is 0 Å². The first-order valence-corrected chi connectivity index (χ1v) is 5.67. The molecule has 3 nitrogen and oxygen atoms in total. The van der Waals surface area contributed by atoms with Crippen LogP contribution in [0.15, 0.2) is 0 Å². The molecule has 1 amide bonds. The lowest BCUT2D eigenvalue weighted by molar-refractivity contribution is -0.132. The molecule has 0 aliphatic rings. The molecule has 0 heterocycles.